The summed E-state index contributed by atoms with van der Waals surface area (Å²) in [6.07, 6.45) is 0.231. The maximum Gasteiger partial charge on any atom is 0.407 e. The lowest BCUT2D eigenvalue weighted by molar-refractivity contribution is 0.115. The van der Waals surface area contributed by atoms with Gasteiger partial charge in [0.25, 0.3) is 0 Å². The minimum atomic E-state index is -0.437. The number of phenols is 1. The standard InChI is InChI=1S/C10H10BrNO3.ClH/c11-6-1-2-7(9(13)5-6)8-3-4-15-10(14)12-8;/h1-2,5,8,13H,3-4H2,(H,12,14);1H/t8-;/m0./s1. The van der Waals surface area contributed by atoms with Gasteiger partial charge in [-0.15, -0.1) is 12.4 Å². The first-order valence-corrected chi connectivity index (χ1v) is 5.38. The van der Waals surface area contributed by atoms with Gasteiger partial charge in [0, 0.05) is 16.5 Å². The van der Waals surface area contributed by atoms with Gasteiger partial charge in [-0.25, -0.2) is 4.79 Å². The first-order chi connectivity index (χ1) is 7.16. The zero-order chi connectivity index (χ0) is 10.8. The number of halogens is 2. The number of phenolic OH excluding ortho intramolecular Hbond substituents is 1. The highest BCUT2D eigenvalue weighted by molar-refractivity contribution is 9.10. The molecule has 2 N–H and O–H groups in total. The molecule has 0 aliphatic carbocycles. The van der Waals surface area contributed by atoms with Crippen LogP contribution < -0.4 is 5.32 Å². The second-order valence-electron chi connectivity index (χ2n) is 3.32. The Labute approximate surface area is 108 Å². The Bertz CT molecular complexity index is 400. The molecule has 1 aliphatic heterocycles. The van der Waals surface area contributed by atoms with Crippen LogP contribution in [-0.2, 0) is 4.74 Å². The fourth-order valence-corrected chi connectivity index (χ4v) is 1.92. The molecule has 1 fully saturated rings. The number of aromatic hydroxyl groups is 1. The predicted octanol–water partition coefficient (Wildman–Crippen LogP) is 2.75. The summed E-state index contributed by atoms with van der Waals surface area (Å²) in [7, 11) is 0. The summed E-state index contributed by atoms with van der Waals surface area (Å²) in [6, 6.07) is 5.06. The summed E-state index contributed by atoms with van der Waals surface area (Å²) in [5.41, 5.74) is 0.717. The number of carbonyl (C=O) groups excluding carboxylic acids is 1. The van der Waals surface area contributed by atoms with E-state index in [2.05, 4.69) is 21.2 Å². The average molecular weight is 309 g/mol. The second-order valence-corrected chi connectivity index (χ2v) is 4.24. The van der Waals surface area contributed by atoms with E-state index in [1.165, 1.54) is 0 Å². The number of carbonyl (C=O) groups is 1. The number of amides is 1. The monoisotopic (exact) mass is 307 g/mol. The van der Waals surface area contributed by atoms with E-state index in [0.29, 0.717) is 13.0 Å². The van der Waals surface area contributed by atoms with Crippen molar-refractivity contribution in [3.8, 4) is 5.75 Å². The lowest BCUT2D eigenvalue weighted by atomic mass is 10.0. The summed E-state index contributed by atoms with van der Waals surface area (Å²) >= 11 is 3.26. The number of rotatable bonds is 1. The number of ether oxygens (including phenoxy) is 1. The molecule has 1 saturated heterocycles. The van der Waals surface area contributed by atoms with Crippen LogP contribution in [0.15, 0.2) is 22.7 Å². The Balaban J connectivity index is 0.00000128. The Morgan fingerprint density at radius 1 is 1.50 bits per heavy atom. The molecule has 2 rings (SSSR count). The molecule has 6 heteroatoms. The Kier molecular flexibility index (Phi) is 4.44. The Hall–Kier alpha value is -0.940. The van der Waals surface area contributed by atoms with Crippen molar-refractivity contribution in [2.75, 3.05) is 6.61 Å². The van der Waals surface area contributed by atoms with E-state index in [1.54, 1.807) is 12.1 Å². The molecule has 1 aliphatic rings. The summed E-state index contributed by atoms with van der Waals surface area (Å²) in [5.74, 6) is 0.177. The van der Waals surface area contributed by atoms with Crippen molar-refractivity contribution in [2.24, 2.45) is 0 Å². The summed E-state index contributed by atoms with van der Waals surface area (Å²) in [4.78, 5) is 11.0. The van der Waals surface area contributed by atoms with E-state index in [-0.39, 0.29) is 24.2 Å². The van der Waals surface area contributed by atoms with Crippen LogP contribution in [0.4, 0.5) is 4.79 Å². The van der Waals surface area contributed by atoms with Gasteiger partial charge < -0.3 is 15.2 Å². The van der Waals surface area contributed by atoms with E-state index in [4.69, 9.17) is 4.74 Å². The van der Waals surface area contributed by atoms with Crippen molar-refractivity contribution in [3.05, 3.63) is 28.2 Å². The molecule has 0 unspecified atom stereocenters. The van der Waals surface area contributed by atoms with E-state index < -0.39 is 6.09 Å². The normalized spacial score (nSPS) is 19.3. The highest BCUT2D eigenvalue weighted by atomic mass is 79.9. The molecular weight excluding hydrogens is 297 g/mol. The molecule has 16 heavy (non-hydrogen) atoms. The smallest absolute Gasteiger partial charge is 0.407 e. The SMILES string of the molecule is Cl.O=C1N[C@H](c2ccc(Br)cc2O)CCO1. The maximum atomic E-state index is 11.0. The van der Waals surface area contributed by atoms with Crippen LogP contribution in [0.2, 0.25) is 0 Å². The molecule has 1 aromatic carbocycles. The highest BCUT2D eigenvalue weighted by Gasteiger charge is 2.22. The number of hydrogen-bond acceptors (Lipinski definition) is 3. The molecule has 1 aromatic rings. The quantitative estimate of drug-likeness (QED) is 0.838. The summed E-state index contributed by atoms with van der Waals surface area (Å²) in [5, 5.41) is 12.4. The van der Waals surface area contributed by atoms with Crippen molar-refractivity contribution in [1.82, 2.24) is 5.32 Å². The lowest BCUT2D eigenvalue weighted by Gasteiger charge is -2.24. The van der Waals surface area contributed by atoms with Crippen LogP contribution in [0.1, 0.15) is 18.0 Å². The molecule has 0 bridgehead atoms. The number of alkyl carbamates (subject to hydrolysis) is 1. The van der Waals surface area contributed by atoms with Gasteiger partial charge in [0.05, 0.1) is 12.6 Å². The van der Waals surface area contributed by atoms with Crippen molar-refractivity contribution >= 4 is 34.4 Å². The molecule has 0 saturated carbocycles. The number of cyclic esters (lactones) is 1. The minimum Gasteiger partial charge on any atom is -0.508 e. The highest BCUT2D eigenvalue weighted by Crippen LogP contribution is 2.30. The van der Waals surface area contributed by atoms with Crippen LogP contribution in [-0.4, -0.2) is 17.8 Å². The van der Waals surface area contributed by atoms with E-state index in [1.807, 2.05) is 6.07 Å². The first kappa shape index (κ1) is 13.1. The van der Waals surface area contributed by atoms with Gasteiger partial charge in [0.2, 0.25) is 0 Å². The van der Waals surface area contributed by atoms with Gasteiger partial charge in [-0.1, -0.05) is 22.0 Å². The van der Waals surface area contributed by atoms with E-state index in [9.17, 15) is 9.90 Å². The third-order valence-electron chi connectivity index (χ3n) is 2.30. The molecule has 1 atom stereocenters. The van der Waals surface area contributed by atoms with Crippen LogP contribution in [0, 0.1) is 0 Å². The largest absolute Gasteiger partial charge is 0.508 e. The van der Waals surface area contributed by atoms with Crippen molar-refractivity contribution in [2.45, 2.75) is 12.5 Å². The molecule has 88 valence electrons. The number of benzene rings is 1. The van der Waals surface area contributed by atoms with Gasteiger partial charge in [-0.05, 0) is 12.1 Å². The fraction of sp³-hybridized carbons (Fsp3) is 0.300. The van der Waals surface area contributed by atoms with Gasteiger partial charge in [-0.2, -0.15) is 0 Å². The molecule has 0 radical (unpaired) electrons. The number of hydrogen-bond donors (Lipinski definition) is 2. The maximum absolute atomic E-state index is 11.0. The third kappa shape index (κ3) is 2.80. The fourth-order valence-electron chi connectivity index (χ4n) is 1.57. The second kappa shape index (κ2) is 5.41. The zero-order valence-electron chi connectivity index (χ0n) is 8.27. The van der Waals surface area contributed by atoms with E-state index in [0.717, 1.165) is 10.0 Å². The van der Waals surface area contributed by atoms with Crippen molar-refractivity contribution in [1.29, 1.82) is 0 Å². The third-order valence-corrected chi connectivity index (χ3v) is 2.79. The zero-order valence-corrected chi connectivity index (χ0v) is 10.7. The molecule has 1 heterocycles. The summed E-state index contributed by atoms with van der Waals surface area (Å²) in [6.45, 7) is 0.381. The minimum absolute atomic E-state index is 0. The summed E-state index contributed by atoms with van der Waals surface area (Å²) < 4.78 is 5.56. The van der Waals surface area contributed by atoms with Crippen molar-refractivity contribution in [3.63, 3.8) is 0 Å². The topological polar surface area (TPSA) is 58.6 Å². The first-order valence-electron chi connectivity index (χ1n) is 4.58. The van der Waals surface area contributed by atoms with Crippen LogP contribution in [0.25, 0.3) is 0 Å². The van der Waals surface area contributed by atoms with Gasteiger partial charge in [0.1, 0.15) is 5.75 Å². The molecule has 0 spiro atoms. The van der Waals surface area contributed by atoms with Crippen LogP contribution >= 0.6 is 28.3 Å². The van der Waals surface area contributed by atoms with Crippen LogP contribution in [0.5, 0.6) is 5.75 Å². The number of nitrogens with one attached hydrogen (secondary N) is 1. The Morgan fingerprint density at radius 3 is 2.88 bits per heavy atom. The Morgan fingerprint density at radius 2 is 2.25 bits per heavy atom. The predicted molar refractivity (Wildman–Crippen MR) is 64.9 cm³/mol. The molecule has 4 nitrogen and oxygen atoms in total. The van der Waals surface area contributed by atoms with E-state index >= 15 is 0 Å². The average Bonchev–Trinajstić information content (AvgIpc) is 2.17. The van der Waals surface area contributed by atoms with Gasteiger partial charge in [0.15, 0.2) is 0 Å². The molecule has 0 aromatic heterocycles. The molecule has 1 amide bonds. The molecular formula is C10H11BrClNO3. The van der Waals surface area contributed by atoms with Crippen molar-refractivity contribution < 1.29 is 14.6 Å². The van der Waals surface area contributed by atoms with Crippen LogP contribution in [0.3, 0.4) is 0 Å². The van der Waals surface area contributed by atoms with Gasteiger partial charge in [-0.3, -0.25) is 0 Å². The van der Waals surface area contributed by atoms with Gasteiger partial charge >= 0.3 is 6.09 Å². The lowest BCUT2D eigenvalue weighted by Crippen LogP contribution is -2.35.